The highest BCUT2D eigenvalue weighted by molar-refractivity contribution is 5.98. The number of benzene rings is 2. The Morgan fingerprint density at radius 3 is 3.06 bits per heavy atom. The predicted molar refractivity (Wildman–Crippen MR) is 128 cm³/mol. The van der Waals surface area contributed by atoms with Gasteiger partial charge in [0.2, 0.25) is 0 Å². The van der Waals surface area contributed by atoms with Crippen molar-refractivity contribution >= 4 is 28.1 Å². The zero-order chi connectivity index (χ0) is 37.8. The molecule has 1 N–H and O–H groups in total. The molecule has 3 rings (SSSR count). The summed E-state index contributed by atoms with van der Waals surface area (Å²) in [6.07, 6.45) is -0.656. The van der Waals surface area contributed by atoms with Crippen LogP contribution in [0.4, 0.5) is 15.8 Å². The molecule has 0 atom stereocenters. The fourth-order valence-corrected chi connectivity index (χ4v) is 2.69. The standard InChI is InChI=1S/C26H27FN4O2/c1-5-33-25-14-24-22(13-18(25)12-21(32)7-6-10-31(3)4)26(19(15-28)16-29-24)30-20-8-9-23(27)17(2)11-20/h6-9,11,13-14,16H,5,10,12H2,1-4H3,(H,29,30)/b7-6+/i1D3,3D3,5D2,8D,9D,10D2,11D,13D,14D,16D. The number of nitrogens with zero attached hydrogens (tertiary/aromatic N) is 3. The summed E-state index contributed by atoms with van der Waals surface area (Å²) in [5, 5.41) is 11.9. The summed E-state index contributed by atoms with van der Waals surface area (Å²) in [4.78, 5) is 17.3. The first-order valence-corrected chi connectivity index (χ1v) is 9.23. The van der Waals surface area contributed by atoms with E-state index in [-0.39, 0.29) is 5.56 Å². The third kappa shape index (κ3) is 5.93. The molecule has 1 aromatic heterocycles. The van der Waals surface area contributed by atoms with E-state index in [0.717, 1.165) is 14.0 Å². The Bertz CT molecular complexity index is 1890. The summed E-state index contributed by atoms with van der Waals surface area (Å²) in [7, 11) is 0.925. The number of hydrogen-bond acceptors (Lipinski definition) is 6. The lowest BCUT2D eigenvalue weighted by molar-refractivity contribution is -0.114. The number of pyridine rings is 1. The van der Waals surface area contributed by atoms with Crippen LogP contribution in [0.1, 0.15) is 45.5 Å². The normalized spacial score (nSPS) is 19.8. The fourth-order valence-electron chi connectivity index (χ4n) is 2.69. The number of carbonyl (C=O) groups is 1. The van der Waals surface area contributed by atoms with Gasteiger partial charge in [0.25, 0.3) is 0 Å². The molecule has 0 radical (unpaired) electrons. The van der Waals surface area contributed by atoms with Crippen LogP contribution in [0.5, 0.6) is 5.75 Å². The lowest BCUT2D eigenvalue weighted by atomic mass is 10.0. The molecular weight excluding hydrogens is 419 g/mol. The maximum absolute atomic E-state index is 14.4. The van der Waals surface area contributed by atoms with E-state index in [1.54, 1.807) is 6.07 Å². The van der Waals surface area contributed by atoms with Crippen molar-refractivity contribution < 1.29 is 35.9 Å². The Balaban J connectivity index is 2.42. The number of ether oxygens (including phenoxy) is 1. The molecule has 7 heteroatoms. The first-order valence-electron chi connectivity index (χ1n) is 17.2. The number of nitriles is 1. The van der Waals surface area contributed by atoms with E-state index < -0.39 is 120 Å². The maximum Gasteiger partial charge on any atom is 0.159 e. The van der Waals surface area contributed by atoms with Crippen LogP contribution in [0, 0.1) is 24.1 Å². The van der Waals surface area contributed by atoms with Crippen LogP contribution in [0.15, 0.2) is 48.5 Å². The third-order valence-electron chi connectivity index (χ3n) is 4.14. The van der Waals surface area contributed by atoms with Crippen molar-refractivity contribution in [1.82, 2.24) is 9.88 Å². The van der Waals surface area contributed by atoms with E-state index in [2.05, 4.69) is 10.3 Å². The fraction of sp³-hybridized carbons (Fsp3) is 0.269. The molecule has 6 nitrogen and oxygen atoms in total. The summed E-state index contributed by atoms with van der Waals surface area (Å²) < 4.78 is 147. The van der Waals surface area contributed by atoms with Crippen LogP contribution in [0.3, 0.4) is 0 Å². The zero-order valence-electron chi connectivity index (χ0n) is 33.4. The van der Waals surface area contributed by atoms with Crippen molar-refractivity contribution in [3.63, 3.8) is 0 Å². The van der Waals surface area contributed by atoms with Gasteiger partial charge in [0, 0.05) is 52.7 Å². The van der Waals surface area contributed by atoms with Crippen LogP contribution in [0.25, 0.3) is 10.9 Å². The van der Waals surface area contributed by atoms with E-state index in [1.807, 2.05) is 0 Å². The van der Waals surface area contributed by atoms with E-state index >= 15 is 0 Å². The minimum absolute atomic E-state index is 0.336. The van der Waals surface area contributed by atoms with Crippen molar-refractivity contribution in [2.75, 3.05) is 32.4 Å². The summed E-state index contributed by atoms with van der Waals surface area (Å²) in [6.45, 7) is -11.5. The third-order valence-corrected chi connectivity index (χ3v) is 4.14. The molecule has 0 aliphatic rings. The van der Waals surface area contributed by atoms with E-state index in [0.29, 0.717) is 17.1 Å². The van der Waals surface area contributed by atoms with Gasteiger partial charge in [0.05, 0.1) is 34.3 Å². The van der Waals surface area contributed by atoms with Crippen molar-refractivity contribution in [3.8, 4) is 11.8 Å². The number of hydrogen-bond donors (Lipinski definition) is 1. The van der Waals surface area contributed by atoms with E-state index in [9.17, 15) is 14.4 Å². The minimum atomic E-state index is -3.54. The molecule has 0 fully saturated rings. The quantitative estimate of drug-likeness (QED) is 0.455. The van der Waals surface area contributed by atoms with Crippen molar-refractivity contribution in [2.24, 2.45) is 0 Å². The summed E-state index contributed by atoms with van der Waals surface area (Å²) >= 11 is 0. The first-order chi connectivity index (χ1) is 22.2. The van der Waals surface area contributed by atoms with Gasteiger partial charge in [-0.2, -0.15) is 5.26 Å². The van der Waals surface area contributed by atoms with Gasteiger partial charge >= 0.3 is 0 Å². The topological polar surface area (TPSA) is 78.2 Å². The Morgan fingerprint density at radius 1 is 1.45 bits per heavy atom. The molecule has 2 aromatic carbocycles. The van der Waals surface area contributed by atoms with Gasteiger partial charge in [-0.25, -0.2) is 4.39 Å². The Kier molecular flexibility index (Phi) is 3.39. The number of likely N-dealkylation sites (N-methyl/N-ethyl adjacent to an activating group) is 1. The Morgan fingerprint density at radius 2 is 2.30 bits per heavy atom. The number of ketones is 1. The smallest absolute Gasteiger partial charge is 0.159 e. The average molecular weight is 463 g/mol. The van der Waals surface area contributed by atoms with Gasteiger partial charge < -0.3 is 15.0 Å². The molecule has 0 aliphatic carbocycles. The van der Waals surface area contributed by atoms with Crippen LogP contribution in [-0.2, 0) is 11.2 Å². The first kappa shape index (κ1) is 10.4. The Labute approximate surface area is 215 Å². The molecular formula is C26H27FN4O2. The molecule has 0 saturated heterocycles. The second-order valence-electron chi connectivity index (χ2n) is 6.55. The maximum atomic E-state index is 14.4. The van der Waals surface area contributed by atoms with Gasteiger partial charge in [-0.1, -0.05) is 6.08 Å². The number of halogens is 1. The number of fused-ring (bicyclic) bond motifs is 1. The second kappa shape index (κ2) is 10.7. The molecule has 0 unspecified atom stereocenters. The highest BCUT2D eigenvalue weighted by atomic mass is 19.1. The number of allylic oxidation sites excluding steroid dienone is 1. The van der Waals surface area contributed by atoms with Gasteiger partial charge in [0.1, 0.15) is 17.6 Å². The molecule has 1 heterocycles. The molecule has 0 bridgehead atoms. The van der Waals surface area contributed by atoms with Crippen molar-refractivity contribution in [3.05, 3.63) is 71.0 Å². The summed E-state index contributed by atoms with van der Waals surface area (Å²) in [5.74, 6) is -3.23. The molecule has 0 amide bonds. The zero-order valence-corrected chi connectivity index (χ0v) is 17.4. The molecule has 0 spiro atoms. The highest BCUT2D eigenvalue weighted by Gasteiger charge is 2.16. The van der Waals surface area contributed by atoms with E-state index in [1.165, 1.54) is 0 Å². The number of nitrogens with one attached hydrogen (secondary N) is 1. The number of carbonyl (C=O) groups excluding carboxylic acids is 1. The van der Waals surface area contributed by atoms with E-state index in [4.69, 9.17) is 26.7 Å². The largest absolute Gasteiger partial charge is 0.494 e. The minimum Gasteiger partial charge on any atom is -0.494 e. The average Bonchev–Trinajstić information content (AvgIpc) is 2.98. The van der Waals surface area contributed by atoms with Gasteiger partial charge in [-0.05, 0) is 63.6 Å². The molecule has 0 saturated carbocycles. The molecule has 33 heavy (non-hydrogen) atoms. The molecule has 170 valence electrons. The van der Waals surface area contributed by atoms with Gasteiger partial charge in [0.15, 0.2) is 5.78 Å². The molecule has 3 aromatic rings. The number of rotatable bonds is 9. The summed E-state index contributed by atoms with van der Waals surface area (Å²) in [6, 6.07) is -2.57. The van der Waals surface area contributed by atoms with Gasteiger partial charge in [-0.3, -0.25) is 9.78 Å². The lowest BCUT2D eigenvalue weighted by Gasteiger charge is -2.15. The van der Waals surface area contributed by atoms with Crippen molar-refractivity contribution in [2.45, 2.75) is 20.2 Å². The number of aromatic nitrogens is 1. The van der Waals surface area contributed by atoms with Crippen LogP contribution in [-0.4, -0.2) is 42.7 Å². The molecule has 0 aliphatic heterocycles. The van der Waals surface area contributed by atoms with Crippen molar-refractivity contribution in [1.29, 1.82) is 5.26 Å². The van der Waals surface area contributed by atoms with Crippen LogP contribution >= 0.6 is 0 Å². The lowest BCUT2D eigenvalue weighted by Crippen LogP contribution is -2.11. The monoisotopic (exact) mass is 462 g/mol. The highest BCUT2D eigenvalue weighted by Crippen LogP contribution is 2.34. The summed E-state index contributed by atoms with van der Waals surface area (Å²) in [5.41, 5.74) is -3.42. The van der Waals surface area contributed by atoms with Gasteiger partial charge in [-0.15, -0.1) is 0 Å². The second-order valence-corrected chi connectivity index (χ2v) is 6.55. The van der Waals surface area contributed by atoms with Crippen LogP contribution < -0.4 is 10.1 Å². The van der Waals surface area contributed by atoms with Crippen LogP contribution in [0.2, 0.25) is 0 Å². The predicted octanol–water partition coefficient (Wildman–Crippen LogP) is 4.93. The number of anilines is 2. The SMILES string of the molecule is [2H]c1nc2c([2H])c(OC([2H])([2H])C([2H])([2H])[2H])c(CC(=O)/C=C/C([2H])([2H])N(C)C([2H])([2H])[2H])c([2H])c2c(Nc2c([2H])c([2H])c(F)c(C)c2[2H])c1C#N. The Hall–Kier alpha value is -3.76.